The lowest BCUT2D eigenvalue weighted by Gasteiger charge is -2.06. The minimum absolute atomic E-state index is 0.198. The standard InChI is InChI=1S/C18H18N4OS/c1-13-16(24-17(21-13)14-6-5-10-19-12-14)9-11-20-18(23)22-15-7-3-2-4-8-15/h2-8,10,12H,9,11H2,1H3,(H2,20,22,23). The molecule has 0 aliphatic rings. The fourth-order valence-corrected chi connectivity index (χ4v) is 3.31. The summed E-state index contributed by atoms with van der Waals surface area (Å²) in [5.74, 6) is 0. The van der Waals surface area contributed by atoms with Gasteiger partial charge in [-0.3, -0.25) is 4.98 Å². The summed E-state index contributed by atoms with van der Waals surface area (Å²) in [6.45, 7) is 2.56. The number of rotatable bonds is 5. The number of nitrogens with zero attached hydrogens (tertiary/aromatic N) is 2. The molecule has 3 rings (SSSR count). The Morgan fingerprint density at radius 1 is 1.17 bits per heavy atom. The summed E-state index contributed by atoms with van der Waals surface area (Å²) >= 11 is 1.65. The smallest absolute Gasteiger partial charge is 0.319 e. The van der Waals surface area contributed by atoms with Gasteiger partial charge in [-0.1, -0.05) is 18.2 Å². The third-order valence-electron chi connectivity index (χ3n) is 3.47. The molecule has 0 bridgehead atoms. The Kier molecular flexibility index (Phi) is 5.18. The molecule has 2 amide bonds. The highest BCUT2D eigenvalue weighted by molar-refractivity contribution is 7.15. The Hall–Kier alpha value is -2.73. The Morgan fingerprint density at radius 2 is 2.00 bits per heavy atom. The van der Waals surface area contributed by atoms with Gasteiger partial charge in [-0.05, 0) is 31.2 Å². The first-order valence-electron chi connectivity index (χ1n) is 7.69. The Morgan fingerprint density at radius 3 is 2.75 bits per heavy atom. The van der Waals surface area contributed by atoms with E-state index in [1.54, 1.807) is 17.5 Å². The molecule has 0 unspecified atom stereocenters. The molecule has 24 heavy (non-hydrogen) atoms. The van der Waals surface area contributed by atoms with Gasteiger partial charge in [-0.15, -0.1) is 11.3 Å². The van der Waals surface area contributed by atoms with Crippen LogP contribution in [0.15, 0.2) is 54.9 Å². The number of pyridine rings is 1. The maximum atomic E-state index is 11.9. The number of carbonyl (C=O) groups excluding carboxylic acids is 1. The number of aryl methyl sites for hydroxylation is 1. The number of anilines is 1. The molecule has 0 aliphatic heterocycles. The van der Waals surface area contributed by atoms with Crippen LogP contribution in [-0.4, -0.2) is 22.5 Å². The largest absolute Gasteiger partial charge is 0.338 e. The SMILES string of the molecule is Cc1nc(-c2cccnc2)sc1CCNC(=O)Nc1ccccc1. The number of para-hydroxylation sites is 1. The molecule has 122 valence electrons. The highest BCUT2D eigenvalue weighted by Gasteiger charge is 2.10. The molecule has 0 saturated carbocycles. The number of amides is 2. The summed E-state index contributed by atoms with van der Waals surface area (Å²) in [5, 5.41) is 6.64. The predicted octanol–water partition coefficient (Wildman–Crippen LogP) is 3.88. The van der Waals surface area contributed by atoms with E-state index in [4.69, 9.17) is 0 Å². The molecule has 2 heterocycles. The van der Waals surface area contributed by atoms with Gasteiger partial charge in [0.1, 0.15) is 5.01 Å². The van der Waals surface area contributed by atoms with Gasteiger partial charge >= 0.3 is 6.03 Å². The lowest BCUT2D eigenvalue weighted by atomic mass is 10.3. The maximum Gasteiger partial charge on any atom is 0.319 e. The van der Waals surface area contributed by atoms with Crippen molar-refractivity contribution in [3.63, 3.8) is 0 Å². The second-order valence-electron chi connectivity index (χ2n) is 5.27. The van der Waals surface area contributed by atoms with E-state index < -0.39 is 0 Å². The number of benzene rings is 1. The van der Waals surface area contributed by atoms with Gasteiger partial charge in [0, 0.05) is 41.5 Å². The first-order chi connectivity index (χ1) is 11.7. The molecular weight excluding hydrogens is 320 g/mol. The molecule has 0 fully saturated rings. The third-order valence-corrected chi connectivity index (χ3v) is 4.74. The molecular formula is C18H18N4OS. The van der Waals surface area contributed by atoms with Gasteiger partial charge in [0.25, 0.3) is 0 Å². The summed E-state index contributed by atoms with van der Waals surface area (Å²) in [7, 11) is 0. The average molecular weight is 338 g/mol. The predicted molar refractivity (Wildman–Crippen MR) is 97.2 cm³/mol. The number of aromatic nitrogens is 2. The zero-order valence-electron chi connectivity index (χ0n) is 13.3. The van der Waals surface area contributed by atoms with Crippen LogP contribution in [0.3, 0.4) is 0 Å². The van der Waals surface area contributed by atoms with Crippen LogP contribution in [0.4, 0.5) is 10.5 Å². The van der Waals surface area contributed by atoms with E-state index in [9.17, 15) is 4.79 Å². The molecule has 2 N–H and O–H groups in total. The number of hydrogen-bond donors (Lipinski definition) is 2. The zero-order valence-corrected chi connectivity index (χ0v) is 14.1. The van der Waals surface area contributed by atoms with Gasteiger partial charge in [-0.25, -0.2) is 9.78 Å². The molecule has 0 atom stereocenters. The maximum absolute atomic E-state index is 11.9. The third kappa shape index (κ3) is 4.17. The number of carbonyl (C=O) groups is 1. The van der Waals surface area contributed by atoms with Gasteiger partial charge < -0.3 is 10.6 Å². The molecule has 5 nitrogen and oxygen atoms in total. The number of thiazole rings is 1. The highest BCUT2D eigenvalue weighted by atomic mass is 32.1. The molecule has 0 radical (unpaired) electrons. The number of urea groups is 1. The summed E-state index contributed by atoms with van der Waals surface area (Å²) in [5.41, 5.74) is 2.80. The molecule has 2 aromatic heterocycles. The topological polar surface area (TPSA) is 66.9 Å². The average Bonchev–Trinajstić information content (AvgIpc) is 2.98. The van der Waals surface area contributed by atoms with Crippen LogP contribution < -0.4 is 10.6 Å². The Balaban J connectivity index is 1.54. The van der Waals surface area contributed by atoms with E-state index in [-0.39, 0.29) is 6.03 Å². The minimum Gasteiger partial charge on any atom is -0.338 e. The Bertz CT molecular complexity index is 802. The quantitative estimate of drug-likeness (QED) is 0.742. The second-order valence-corrected chi connectivity index (χ2v) is 6.35. The first kappa shape index (κ1) is 16.1. The van der Waals surface area contributed by atoms with Crippen molar-refractivity contribution in [2.45, 2.75) is 13.3 Å². The van der Waals surface area contributed by atoms with Crippen molar-refractivity contribution in [1.29, 1.82) is 0 Å². The van der Waals surface area contributed by atoms with E-state index >= 15 is 0 Å². The Labute approximate surface area is 144 Å². The van der Waals surface area contributed by atoms with Crippen LogP contribution in [0.5, 0.6) is 0 Å². The van der Waals surface area contributed by atoms with Crippen molar-refractivity contribution in [3.05, 3.63) is 65.4 Å². The van der Waals surface area contributed by atoms with Crippen LogP contribution in [0.25, 0.3) is 10.6 Å². The first-order valence-corrected chi connectivity index (χ1v) is 8.50. The van der Waals surface area contributed by atoms with Crippen molar-refractivity contribution < 1.29 is 4.79 Å². The lowest BCUT2D eigenvalue weighted by Crippen LogP contribution is -2.30. The number of nitrogens with one attached hydrogen (secondary N) is 2. The fourth-order valence-electron chi connectivity index (χ4n) is 2.26. The van der Waals surface area contributed by atoms with Crippen molar-refractivity contribution >= 4 is 23.1 Å². The van der Waals surface area contributed by atoms with E-state index in [0.717, 1.165) is 28.4 Å². The highest BCUT2D eigenvalue weighted by Crippen LogP contribution is 2.27. The zero-order chi connectivity index (χ0) is 16.8. The molecule has 1 aromatic carbocycles. The van der Waals surface area contributed by atoms with E-state index in [1.165, 1.54) is 4.88 Å². The van der Waals surface area contributed by atoms with Crippen LogP contribution in [0.2, 0.25) is 0 Å². The summed E-state index contributed by atoms with van der Waals surface area (Å²) < 4.78 is 0. The van der Waals surface area contributed by atoms with E-state index in [0.29, 0.717) is 6.54 Å². The van der Waals surface area contributed by atoms with Gasteiger partial charge in [0.15, 0.2) is 0 Å². The van der Waals surface area contributed by atoms with E-state index in [1.807, 2.05) is 55.6 Å². The summed E-state index contributed by atoms with van der Waals surface area (Å²) in [6, 6.07) is 13.1. The summed E-state index contributed by atoms with van der Waals surface area (Å²) in [4.78, 5) is 21.8. The number of hydrogen-bond acceptors (Lipinski definition) is 4. The fraction of sp³-hybridized carbons (Fsp3) is 0.167. The molecule has 0 saturated heterocycles. The molecule has 0 aliphatic carbocycles. The second kappa shape index (κ2) is 7.70. The molecule has 3 aromatic rings. The normalized spacial score (nSPS) is 10.4. The van der Waals surface area contributed by atoms with Crippen LogP contribution in [-0.2, 0) is 6.42 Å². The van der Waals surface area contributed by atoms with Crippen molar-refractivity contribution in [1.82, 2.24) is 15.3 Å². The van der Waals surface area contributed by atoms with Crippen molar-refractivity contribution in [2.24, 2.45) is 0 Å². The van der Waals surface area contributed by atoms with Gasteiger partial charge in [-0.2, -0.15) is 0 Å². The van der Waals surface area contributed by atoms with Gasteiger partial charge in [0.05, 0.1) is 5.69 Å². The molecule has 0 spiro atoms. The van der Waals surface area contributed by atoms with Crippen LogP contribution in [0, 0.1) is 6.92 Å². The minimum atomic E-state index is -0.198. The molecule has 6 heteroatoms. The monoisotopic (exact) mass is 338 g/mol. The summed E-state index contributed by atoms with van der Waals surface area (Å²) in [6.07, 6.45) is 4.32. The lowest BCUT2D eigenvalue weighted by molar-refractivity contribution is 0.252. The van der Waals surface area contributed by atoms with Crippen molar-refractivity contribution in [3.8, 4) is 10.6 Å². The van der Waals surface area contributed by atoms with Crippen LogP contribution in [0.1, 0.15) is 10.6 Å². The van der Waals surface area contributed by atoms with Gasteiger partial charge in [0.2, 0.25) is 0 Å². The van der Waals surface area contributed by atoms with E-state index in [2.05, 4.69) is 20.6 Å². The van der Waals surface area contributed by atoms with Crippen molar-refractivity contribution in [2.75, 3.05) is 11.9 Å². The van der Waals surface area contributed by atoms with Crippen LogP contribution >= 0.6 is 11.3 Å².